The summed E-state index contributed by atoms with van der Waals surface area (Å²) in [4.78, 5) is 0. The van der Waals surface area contributed by atoms with Crippen molar-refractivity contribution in [2.45, 2.75) is 39.7 Å². The van der Waals surface area contributed by atoms with Gasteiger partial charge >= 0.3 is 0 Å². The third-order valence-corrected chi connectivity index (χ3v) is 3.60. The van der Waals surface area contributed by atoms with E-state index in [-0.39, 0.29) is 11.9 Å². The van der Waals surface area contributed by atoms with Gasteiger partial charge in [-0.25, -0.2) is 4.39 Å². The molecule has 2 heteroatoms. The SMILES string of the molecule is CCCc1ccc(C(C)Nc2c(C)cccc2F)cc1. The molecule has 0 spiro atoms. The Bertz CT molecular complexity index is 540. The van der Waals surface area contributed by atoms with Gasteiger partial charge in [-0.2, -0.15) is 0 Å². The van der Waals surface area contributed by atoms with Crippen molar-refractivity contribution in [3.05, 3.63) is 65.0 Å². The number of anilines is 1. The molecule has 2 aromatic carbocycles. The summed E-state index contributed by atoms with van der Waals surface area (Å²) in [6.45, 7) is 6.15. The lowest BCUT2D eigenvalue weighted by atomic mass is 10.0. The molecule has 0 saturated carbocycles. The first kappa shape index (κ1) is 14.6. The van der Waals surface area contributed by atoms with E-state index in [4.69, 9.17) is 0 Å². The minimum absolute atomic E-state index is 0.0845. The van der Waals surface area contributed by atoms with E-state index >= 15 is 0 Å². The first-order chi connectivity index (χ1) is 9.61. The Morgan fingerprint density at radius 2 is 1.80 bits per heavy atom. The maximum Gasteiger partial charge on any atom is 0.146 e. The Hall–Kier alpha value is -1.83. The molecule has 0 fully saturated rings. The molecule has 0 saturated heterocycles. The van der Waals surface area contributed by atoms with Crippen LogP contribution < -0.4 is 5.32 Å². The Labute approximate surface area is 120 Å². The first-order valence-electron chi connectivity index (χ1n) is 7.22. The van der Waals surface area contributed by atoms with E-state index in [2.05, 4.69) is 43.4 Å². The number of para-hydroxylation sites is 1. The van der Waals surface area contributed by atoms with Crippen molar-refractivity contribution in [3.63, 3.8) is 0 Å². The maximum absolute atomic E-state index is 13.8. The maximum atomic E-state index is 13.8. The predicted molar refractivity (Wildman–Crippen MR) is 83.6 cm³/mol. The fourth-order valence-electron chi connectivity index (χ4n) is 2.38. The van der Waals surface area contributed by atoms with E-state index in [0.29, 0.717) is 5.69 Å². The third kappa shape index (κ3) is 3.38. The fourth-order valence-corrected chi connectivity index (χ4v) is 2.38. The first-order valence-corrected chi connectivity index (χ1v) is 7.22. The van der Waals surface area contributed by atoms with Crippen molar-refractivity contribution in [1.82, 2.24) is 0 Å². The minimum Gasteiger partial charge on any atom is -0.376 e. The zero-order valence-corrected chi connectivity index (χ0v) is 12.4. The van der Waals surface area contributed by atoms with E-state index in [1.165, 1.54) is 17.2 Å². The van der Waals surface area contributed by atoms with Crippen LogP contribution in [0.25, 0.3) is 0 Å². The van der Waals surface area contributed by atoms with Crippen LogP contribution in [0.5, 0.6) is 0 Å². The second-order valence-corrected chi connectivity index (χ2v) is 5.29. The minimum atomic E-state index is -0.195. The molecule has 0 aromatic heterocycles. The predicted octanol–water partition coefficient (Wildman–Crippen LogP) is 5.26. The van der Waals surface area contributed by atoms with Gasteiger partial charge in [0, 0.05) is 6.04 Å². The number of hydrogen-bond acceptors (Lipinski definition) is 1. The molecule has 0 bridgehead atoms. The number of nitrogens with one attached hydrogen (secondary N) is 1. The molecule has 1 atom stereocenters. The van der Waals surface area contributed by atoms with Crippen LogP contribution in [-0.2, 0) is 6.42 Å². The monoisotopic (exact) mass is 271 g/mol. The fraction of sp³-hybridized carbons (Fsp3) is 0.333. The quantitative estimate of drug-likeness (QED) is 0.782. The Morgan fingerprint density at radius 1 is 1.10 bits per heavy atom. The highest BCUT2D eigenvalue weighted by Gasteiger charge is 2.10. The summed E-state index contributed by atoms with van der Waals surface area (Å²) in [6.07, 6.45) is 2.26. The van der Waals surface area contributed by atoms with Crippen molar-refractivity contribution < 1.29 is 4.39 Å². The van der Waals surface area contributed by atoms with E-state index in [0.717, 1.165) is 18.4 Å². The molecule has 0 aliphatic rings. The molecular weight excluding hydrogens is 249 g/mol. The highest BCUT2D eigenvalue weighted by Crippen LogP contribution is 2.25. The normalized spacial score (nSPS) is 12.2. The molecule has 1 unspecified atom stereocenters. The molecule has 1 N–H and O–H groups in total. The Morgan fingerprint density at radius 3 is 2.40 bits per heavy atom. The highest BCUT2D eigenvalue weighted by molar-refractivity contribution is 5.53. The van der Waals surface area contributed by atoms with Gasteiger partial charge in [-0.05, 0) is 43.0 Å². The molecule has 0 radical (unpaired) electrons. The van der Waals surface area contributed by atoms with E-state index in [9.17, 15) is 4.39 Å². The van der Waals surface area contributed by atoms with E-state index < -0.39 is 0 Å². The van der Waals surface area contributed by atoms with Gasteiger partial charge < -0.3 is 5.32 Å². The standard InChI is InChI=1S/C18H22FN/c1-4-6-15-9-11-16(12-10-15)14(3)20-18-13(2)7-5-8-17(18)19/h5,7-12,14,20H,4,6H2,1-3H3. The van der Waals surface area contributed by atoms with Crippen molar-refractivity contribution in [3.8, 4) is 0 Å². The van der Waals surface area contributed by atoms with E-state index in [1.807, 2.05) is 13.0 Å². The summed E-state index contributed by atoms with van der Waals surface area (Å²) >= 11 is 0. The molecule has 106 valence electrons. The van der Waals surface area contributed by atoms with Gasteiger partial charge in [-0.15, -0.1) is 0 Å². The lowest BCUT2D eigenvalue weighted by molar-refractivity contribution is 0.626. The van der Waals surface area contributed by atoms with Gasteiger partial charge in [0.25, 0.3) is 0 Å². The number of halogens is 1. The average molecular weight is 271 g/mol. The molecule has 0 heterocycles. The summed E-state index contributed by atoms with van der Waals surface area (Å²) in [5.74, 6) is -0.195. The van der Waals surface area contributed by atoms with Crippen LogP contribution in [-0.4, -0.2) is 0 Å². The molecule has 20 heavy (non-hydrogen) atoms. The number of rotatable bonds is 5. The smallest absolute Gasteiger partial charge is 0.146 e. The molecule has 2 aromatic rings. The molecule has 0 aliphatic heterocycles. The van der Waals surface area contributed by atoms with Crippen LogP contribution in [0.15, 0.2) is 42.5 Å². The second kappa shape index (κ2) is 6.56. The van der Waals surface area contributed by atoms with Crippen LogP contribution in [0, 0.1) is 12.7 Å². The summed E-state index contributed by atoms with van der Waals surface area (Å²) < 4.78 is 13.8. The van der Waals surface area contributed by atoms with Crippen molar-refractivity contribution >= 4 is 5.69 Å². The summed E-state index contributed by atoms with van der Waals surface area (Å²) in [5, 5.41) is 3.27. The zero-order valence-electron chi connectivity index (χ0n) is 12.4. The third-order valence-electron chi connectivity index (χ3n) is 3.60. The Balaban J connectivity index is 2.13. The van der Waals surface area contributed by atoms with Gasteiger partial charge in [-0.1, -0.05) is 49.7 Å². The summed E-state index contributed by atoms with van der Waals surface area (Å²) in [6, 6.07) is 13.8. The van der Waals surface area contributed by atoms with Gasteiger partial charge in [0.15, 0.2) is 0 Å². The van der Waals surface area contributed by atoms with E-state index in [1.54, 1.807) is 6.07 Å². The largest absolute Gasteiger partial charge is 0.376 e. The van der Waals surface area contributed by atoms with Crippen LogP contribution in [0.2, 0.25) is 0 Å². The average Bonchev–Trinajstić information content (AvgIpc) is 2.44. The number of benzene rings is 2. The van der Waals surface area contributed by atoms with Gasteiger partial charge in [0.05, 0.1) is 5.69 Å². The lowest BCUT2D eigenvalue weighted by Crippen LogP contribution is -2.09. The van der Waals surface area contributed by atoms with Crippen LogP contribution in [0.3, 0.4) is 0 Å². The Kier molecular flexibility index (Phi) is 4.78. The molecule has 0 amide bonds. The van der Waals surface area contributed by atoms with Crippen LogP contribution in [0.4, 0.5) is 10.1 Å². The molecule has 2 rings (SSSR count). The second-order valence-electron chi connectivity index (χ2n) is 5.29. The van der Waals surface area contributed by atoms with Crippen molar-refractivity contribution in [1.29, 1.82) is 0 Å². The lowest BCUT2D eigenvalue weighted by Gasteiger charge is -2.18. The summed E-state index contributed by atoms with van der Waals surface area (Å²) in [7, 11) is 0. The van der Waals surface area contributed by atoms with Crippen molar-refractivity contribution in [2.75, 3.05) is 5.32 Å². The van der Waals surface area contributed by atoms with Gasteiger partial charge in [0.1, 0.15) is 5.82 Å². The van der Waals surface area contributed by atoms with Crippen LogP contribution in [0.1, 0.15) is 43.0 Å². The highest BCUT2D eigenvalue weighted by atomic mass is 19.1. The zero-order chi connectivity index (χ0) is 14.5. The van der Waals surface area contributed by atoms with Gasteiger partial charge in [0.2, 0.25) is 0 Å². The topological polar surface area (TPSA) is 12.0 Å². The molecule has 0 aliphatic carbocycles. The van der Waals surface area contributed by atoms with Crippen molar-refractivity contribution in [2.24, 2.45) is 0 Å². The molecule has 1 nitrogen and oxygen atoms in total. The summed E-state index contributed by atoms with van der Waals surface area (Å²) in [5.41, 5.74) is 4.05. The number of hydrogen-bond donors (Lipinski definition) is 1. The van der Waals surface area contributed by atoms with Crippen LogP contribution >= 0.6 is 0 Å². The van der Waals surface area contributed by atoms with Gasteiger partial charge in [-0.3, -0.25) is 0 Å². The number of aryl methyl sites for hydroxylation is 2. The molecular formula is C18H22FN.